The largest absolute Gasteiger partial charge is 0.386 e. The third-order valence-electron chi connectivity index (χ3n) is 7.30. The van der Waals surface area contributed by atoms with E-state index in [4.69, 9.17) is 4.74 Å². The summed E-state index contributed by atoms with van der Waals surface area (Å²) in [6, 6.07) is 25.1. The van der Waals surface area contributed by atoms with Gasteiger partial charge in [-0.25, -0.2) is 9.59 Å². The lowest BCUT2D eigenvalue weighted by atomic mass is 9.79. The van der Waals surface area contributed by atoms with Crippen molar-refractivity contribution < 1.29 is 14.3 Å². The first-order valence-corrected chi connectivity index (χ1v) is 10.7. The molecule has 0 N–H and O–H groups in total. The number of ether oxygens (including phenoxy) is 1. The number of esters is 2. The minimum Gasteiger partial charge on any atom is -0.386 e. The molecule has 0 radical (unpaired) electrons. The first-order valence-electron chi connectivity index (χ1n) is 10.7. The maximum atomic E-state index is 12.5. The summed E-state index contributed by atoms with van der Waals surface area (Å²) in [7, 11) is 0. The summed E-state index contributed by atoms with van der Waals surface area (Å²) in [6.07, 6.45) is 0.921. The molecule has 0 saturated heterocycles. The zero-order valence-electron chi connectivity index (χ0n) is 16.9. The molecule has 0 atom stereocenters. The molecule has 6 aromatic carbocycles. The normalized spacial score (nSPS) is 14.5. The lowest BCUT2D eigenvalue weighted by molar-refractivity contribution is 0.0391. The molecular weight excluding hydrogens is 396 g/mol. The highest BCUT2D eigenvalue weighted by molar-refractivity contribution is 6.38. The average Bonchev–Trinajstić information content (AvgIpc) is 2.82. The average molecular weight is 410 g/mol. The smallest absolute Gasteiger partial charge is 0.346 e. The Labute approximate surface area is 182 Å². The first kappa shape index (κ1) is 16.5. The van der Waals surface area contributed by atoms with Crippen LogP contribution in [0.1, 0.15) is 31.8 Å². The van der Waals surface area contributed by atoms with Gasteiger partial charge in [0.05, 0.1) is 11.1 Å². The Hall–Kier alpha value is -4.24. The zero-order valence-corrected chi connectivity index (χ0v) is 16.9. The molecule has 32 heavy (non-hydrogen) atoms. The van der Waals surface area contributed by atoms with Gasteiger partial charge in [0.1, 0.15) is 0 Å². The number of hydrogen-bond donors (Lipinski definition) is 0. The number of cyclic esters (lactones) is 2. The van der Waals surface area contributed by atoms with Crippen LogP contribution in [0, 0.1) is 0 Å². The molecule has 0 saturated carbocycles. The Morgan fingerprint density at radius 2 is 1.03 bits per heavy atom. The van der Waals surface area contributed by atoms with Crippen molar-refractivity contribution in [1.82, 2.24) is 0 Å². The highest BCUT2D eigenvalue weighted by Crippen LogP contribution is 2.48. The highest BCUT2D eigenvalue weighted by atomic mass is 16.6. The van der Waals surface area contributed by atoms with Crippen molar-refractivity contribution in [3.8, 4) is 11.1 Å². The molecule has 1 aliphatic heterocycles. The van der Waals surface area contributed by atoms with Crippen LogP contribution in [0.25, 0.3) is 54.2 Å². The van der Waals surface area contributed by atoms with E-state index in [9.17, 15) is 9.59 Å². The number of benzene rings is 6. The van der Waals surface area contributed by atoms with E-state index < -0.39 is 11.9 Å². The molecule has 1 heterocycles. The fourth-order valence-corrected chi connectivity index (χ4v) is 6.01. The topological polar surface area (TPSA) is 43.4 Å². The van der Waals surface area contributed by atoms with Crippen molar-refractivity contribution in [3.63, 3.8) is 0 Å². The van der Waals surface area contributed by atoms with Crippen LogP contribution in [-0.4, -0.2) is 11.9 Å². The van der Waals surface area contributed by atoms with Gasteiger partial charge in [-0.05, 0) is 78.5 Å². The van der Waals surface area contributed by atoms with Gasteiger partial charge in [0, 0.05) is 5.39 Å². The van der Waals surface area contributed by atoms with E-state index in [1.54, 1.807) is 12.1 Å². The minimum absolute atomic E-state index is 0.461. The van der Waals surface area contributed by atoms with Crippen LogP contribution in [0.2, 0.25) is 0 Å². The van der Waals surface area contributed by atoms with Crippen LogP contribution in [0.5, 0.6) is 0 Å². The predicted molar refractivity (Wildman–Crippen MR) is 126 cm³/mol. The lowest BCUT2D eigenvalue weighted by Crippen LogP contribution is -2.19. The van der Waals surface area contributed by atoms with Crippen molar-refractivity contribution in [3.05, 3.63) is 95.1 Å². The Kier molecular flexibility index (Phi) is 2.74. The second kappa shape index (κ2) is 5.32. The van der Waals surface area contributed by atoms with E-state index in [2.05, 4.69) is 48.5 Å². The molecule has 0 fully saturated rings. The number of carbonyl (C=O) groups excluding carboxylic acids is 2. The SMILES string of the molecule is O=C1OC(=O)c2ccc3c4ccc5c6c(ccc(c7ccc1c2c73)c64)Cc1ccccc1-5. The molecule has 8 rings (SSSR count). The standard InChI is InChI=1S/C29H14O3/c30-28-22-11-9-20-18-6-5-15-13-14-3-1-2-4-16(14)17-7-8-19(25(18)24(15)17)21-10-12-23(29(31)32-28)27(22)26(20)21/h1-12H,13H2. The molecule has 0 spiro atoms. The second-order valence-corrected chi connectivity index (χ2v) is 8.77. The Balaban J connectivity index is 1.65. The van der Waals surface area contributed by atoms with Gasteiger partial charge in [-0.1, -0.05) is 60.7 Å². The summed E-state index contributed by atoms with van der Waals surface area (Å²) in [5.74, 6) is -1.14. The van der Waals surface area contributed by atoms with E-state index >= 15 is 0 Å². The van der Waals surface area contributed by atoms with Crippen LogP contribution in [0.3, 0.4) is 0 Å². The quantitative estimate of drug-likeness (QED) is 0.122. The van der Waals surface area contributed by atoms with Gasteiger partial charge in [0.25, 0.3) is 0 Å². The summed E-state index contributed by atoms with van der Waals surface area (Å²) in [4.78, 5) is 24.9. The number of carbonyl (C=O) groups is 2. The van der Waals surface area contributed by atoms with Gasteiger partial charge in [0.2, 0.25) is 0 Å². The van der Waals surface area contributed by atoms with Gasteiger partial charge in [0.15, 0.2) is 0 Å². The number of rotatable bonds is 0. The number of hydrogen-bond acceptors (Lipinski definition) is 3. The molecule has 3 heteroatoms. The van der Waals surface area contributed by atoms with E-state index in [-0.39, 0.29) is 0 Å². The van der Waals surface area contributed by atoms with E-state index in [0.717, 1.165) is 33.4 Å². The molecule has 6 aromatic rings. The molecule has 0 aromatic heterocycles. The Bertz CT molecular complexity index is 1790. The van der Waals surface area contributed by atoms with E-state index in [1.807, 2.05) is 12.1 Å². The first-order chi connectivity index (χ1) is 15.7. The molecule has 0 bridgehead atoms. The van der Waals surface area contributed by atoms with Crippen LogP contribution < -0.4 is 0 Å². The van der Waals surface area contributed by atoms with Gasteiger partial charge >= 0.3 is 11.9 Å². The van der Waals surface area contributed by atoms with Gasteiger partial charge < -0.3 is 4.74 Å². The third-order valence-corrected chi connectivity index (χ3v) is 7.30. The molecule has 2 aliphatic rings. The number of fused-ring (bicyclic) bond motifs is 4. The summed E-state index contributed by atoms with van der Waals surface area (Å²) < 4.78 is 4.97. The summed E-state index contributed by atoms with van der Waals surface area (Å²) in [6.45, 7) is 0. The van der Waals surface area contributed by atoms with E-state index in [0.29, 0.717) is 16.5 Å². The van der Waals surface area contributed by atoms with Gasteiger partial charge in [-0.2, -0.15) is 0 Å². The molecule has 0 unspecified atom stereocenters. The molecule has 148 valence electrons. The monoisotopic (exact) mass is 410 g/mol. The van der Waals surface area contributed by atoms with Gasteiger partial charge in [-0.3, -0.25) is 0 Å². The third kappa shape index (κ3) is 1.76. The van der Waals surface area contributed by atoms with Crippen molar-refractivity contribution >= 4 is 55.0 Å². The predicted octanol–water partition coefficient (Wildman–Crippen LogP) is 6.62. The Morgan fingerprint density at radius 3 is 1.72 bits per heavy atom. The van der Waals surface area contributed by atoms with Crippen molar-refractivity contribution in [2.75, 3.05) is 0 Å². The van der Waals surface area contributed by atoms with Crippen molar-refractivity contribution in [2.45, 2.75) is 6.42 Å². The molecule has 1 aliphatic carbocycles. The fraction of sp³-hybridized carbons (Fsp3) is 0.0345. The summed E-state index contributed by atoms with van der Waals surface area (Å²) in [5, 5.41) is 8.70. The van der Waals surface area contributed by atoms with Crippen LogP contribution in [0.15, 0.2) is 72.8 Å². The second-order valence-electron chi connectivity index (χ2n) is 8.77. The summed E-state index contributed by atoms with van der Waals surface area (Å²) >= 11 is 0. The molecular formula is C29H14O3. The minimum atomic E-state index is -0.571. The molecule has 3 nitrogen and oxygen atoms in total. The van der Waals surface area contributed by atoms with Crippen LogP contribution in [0.4, 0.5) is 0 Å². The fourth-order valence-electron chi connectivity index (χ4n) is 6.01. The zero-order chi connectivity index (χ0) is 21.1. The van der Waals surface area contributed by atoms with Gasteiger partial charge in [-0.15, -0.1) is 0 Å². The highest BCUT2D eigenvalue weighted by Gasteiger charge is 2.30. The Morgan fingerprint density at radius 1 is 0.469 bits per heavy atom. The van der Waals surface area contributed by atoms with Crippen LogP contribution >= 0.6 is 0 Å². The van der Waals surface area contributed by atoms with Crippen molar-refractivity contribution in [1.29, 1.82) is 0 Å². The van der Waals surface area contributed by atoms with Crippen molar-refractivity contribution in [2.24, 2.45) is 0 Å². The summed E-state index contributed by atoms with van der Waals surface area (Å²) in [5.41, 5.74) is 6.19. The van der Waals surface area contributed by atoms with E-state index in [1.165, 1.54) is 33.0 Å². The maximum absolute atomic E-state index is 12.5. The molecule has 0 amide bonds. The van der Waals surface area contributed by atoms with Crippen LogP contribution in [-0.2, 0) is 11.2 Å². The maximum Gasteiger partial charge on any atom is 0.346 e. The lowest BCUT2D eigenvalue weighted by Gasteiger charge is -2.25.